The van der Waals surface area contributed by atoms with Gasteiger partial charge in [-0.3, -0.25) is 5.01 Å². The van der Waals surface area contributed by atoms with Gasteiger partial charge in [-0.25, -0.2) is 13.2 Å². The summed E-state index contributed by atoms with van der Waals surface area (Å²) in [6, 6.07) is 6.66. The van der Waals surface area contributed by atoms with Crippen molar-refractivity contribution in [2.24, 2.45) is 10.8 Å². The molecule has 30 heavy (non-hydrogen) atoms. The molecule has 0 saturated heterocycles. The second kappa shape index (κ2) is 11.0. The Morgan fingerprint density at radius 2 is 1.93 bits per heavy atom. The predicted octanol–water partition coefficient (Wildman–Crippen LogP) is 5.30. The molecule has 1 aliphatic rings. The van der Waals surface area contributed by atoms with E-state index in [1.54, 1.807) is 24.3 Å². The van der Waals surface area contributed by atoms with Crippen molar-refractivity contribution in [2.75, 3.05) is 19.0 Å². The molecule has 1 heterocycles. The third kappa shape index (κ3) is 5.65. The minimum Gasteiger partial charge on any atom is -0.331 e. The SMILES string of the molecule is C=C(C)N(/N=C(\SC)c1cc(F)ccc1F)C1CPc2cc(F)c(C)cc21.CCN. The maximum absolute atomic E-state index is 14.2. The average Bonchev–Trinajstić information content (AvgIpc) is 3.08. The number of thioether (sulfide) groups is 1. The largest absolute Gasteiger partial charge is 0.331 e. The lowest BCUT2D eigenvalue weighted by molar-refractivity contribution is 0.295. The maximum atomic E-state index is 14.2. The number of allylic oxidation sites excluding steroid dienone is 1. The fraction of sp³-hybridized carbons (Fsp3) is 0.318. The first-order valence-electron chi connectivity index (χ1n) is 9.50. The fourth-order valence-corrected chi connectivity index (χ4v) is 5.08. The standard InChI is InChI=1S/C20H20F3N2PS.C2H7N/c1-11(2)25(18-10-26-19-9-17(23)12(3)7-15(18)19)24-20(27-4)14-8-13(21)5-6-16(14)22;1-2-3/h5-9,18,26H,1,10H2,2-4H3;2-3H2,1H3/b24-20-;. The molecule has 0 amide bonds. The first-order chi connectivity index (χ1) is 14.2. The van der Waals surface area contributed by atoms with Gasteiger partial charge >= 0.3 is 0 Å². The summed E-state index contributed by atoms with van der Waals surface area (Å²) in [7, 11) is 0.465. The molecule has 2 aromatic rings. The molecule has 0 saturated carbocycles. The van der Waals surface area contributed by atoms with Crippen molar-refractivity contribution in [3.63, 3.8) is 0 Å². The zero-order valence-corrected chi connectivity index (χ0v) is 19.4. The summed E-state index contributed by atoms with van der Waals surface area (Å²) in [6.07, 6.45) is 2.55. The first kappa shape index (κ1) is 24.4. The normalized spacial score (nSPS) is 16.1. The molecule has 1 aliphatic heterocycles. The predicted molar refractivity (Wildman–Crippen MR) is 124 cm³/mol. The lowest BCUT2D eigenvalue weighted by atomic mass is 10.0. The van der Waals surface area contributed by atoms with Crippen molar-refractivity contribution in [1.29, 1.82) is 0 Å². The van der Waals surface area contributed by atoms with Crippen molar-refractivity contribution in [3.8, 4) is 0 Å². The van der Waals surface area contributed by atoms with Crippen molar-refractivity contribution in [2.45, 2.75) is 26.8 Å². The van der Waals surface area contributed by atoms with Crippen LogP contribution in [0.15, 0.2) is 47.7 Å². The molecule has 0 bridgehead atoms. The zero-order valence-electron chi connectivity index (χ0n) is 17.6. The zero-order chi connectivity index (χ0) is 22.4. The fourth-order valence-electron chi connectivity index (χ4n) is 3.05. The summed E-state index contributed by atoms with van der Waals surface area (Å²) in [5.41, 5.74) is 7.24. The number of fused-ring (bicyclic) bond motifs is 1. The first-order valence-corrected chi connectivity index (χ1v) is 11.9. The summed E-state index contributed by atoms with van der Waals surface area (Å²) < 4.78 is 41.7. The second-order valence-corrected chi connectivity index (χ2v) is 8.90. The van der Waals surface area contributed by atoms with Gasteiger partial charge in [0.25, 0.3) is 0 Å². The minimum absolute atomic E-state index is 0.103. The molecule has 0 fully saturated rings. The Bertz CT molecular complexity index is 949. The number of benzene rings is 2. The summed E-state index contributed by atoms with van der Waals surface area (Å²) in [6.45, 7) is 10.2. The Morgan fingerprint density at radius 3 is 2.53 bits per heavy atom. The summed E-state index contributed by atoms with van der Waals surface area (Å²) >= 11 is 1.24. The summed E-state index contributed by atoms with van der Waals surface area (Å²) in [5, 5.41) is 7.70. The van der Waals surface area contributed by atoms with Gasteiger partial charge in [0.1, 0.15) is 22.5 Å². The summed E-state index contributed by atoms with van der Waals surface area (Å²) in [5.74, 6) is -1.26. The van der Waals surface area contributed by atoms with Gasteiger partial charge in [-0.15, -0.1) is 11.8 Å². The minimum atomic E-state index is -0.530. The van der Waals surface area contributed by atoms with Crippen LogP contribution >= 0.6 is 20.3 Å². The molecule has 0 spiro atoms. The summed E-state index contributed by atoms with van der Waals surface area (Å²) in [4.78, 5) is 0. The van der Waals surface area contributed by atoms with Crippen molar-refractivity contribution >= 4 is 30.7 Å². The van der Waals surface area contributed by atoms with Gasteiger partial charge in [0.2, 0.25) is 0 Å². The molecule has 8 heteroatoms. The Balaban J connectivity index is 0.00000101. The number of hydrogen-bond acceptors (Lipinski definition) is 4. The van der Waals surface area contributed by atoms with E-state index in [-0.39, 0.29) is 17.4 Å². The Labute approximate surface area is 182 Å². The van der Waals surface area contributed by atoms with E-state index in [1.165, 1.54) is 11.8 Å². The van der Waals surface area contributed by atoms with Gasteiger partial charge in [0, 0.05) is 11.3 Å². The van der Waals surface area contributed by atoms with E-state index in [2.05, 4.69) is 11.7 Å². The van der Waals surface area contributed by atoms with Gasteiger partial charge in [-0.05, 0) is 73.5 Å². The van der Waals surface area contributed by atoms with Crippen LogP contribution in [0.5, 0.6) is 0 Å². The maximum Gasteiger partial charge on any atom is 0.133 e. The quantitative estimate of drug-likeness (QED) is 0.296. The van der Waals surface area contributed by atoms with Crippen molar-refractivity contribution in [3.05, 3.63) is 76.7 Å². The van der Waals surface area contributed by atoms with Crippen molar-refractivity contribution < 1.29 is 13.2 Å². The topological polar surface area (TPSA) is 41.6 Å². The number of nitrogens with zero attached hydrogens (tertiary/aromatic N) is 2. The highest BCUT2D eigenvalue weighted by molar-refractivity contribution is 8.13. The van der Waals surface area contributed by atoms with Crippen LogP contribution in [0.3, 0.4) is 0 Å². The molecule has 0 aromatic heterocycles. The number of aryl methyl sites for hydroxylation is 1. The molecule has 0 radical (unpaired) electrons. The second-order valence-electron chi connectivity index (χ2n) is 6.81. The molecule has 2 N–H and O–H groups in total. The number of halogens is 3. The van der Waals surface area contributed by atoms with Crippen LogP contribution in [0.1, 0.15) is 36.6 Å². The van der Waals surface area contributed by atoms with E-state index in [0.717, 1.165) is 41.8 Å². The number of rotatable bonds is 4. The van der Waals surface area contributed by atoms with Gasteiger partial charge in [0.05, 0.1) is 6.04 Å². The van der Waals surface area contributed by atoms with Crippen LogP contribution in [0.25, 0.3) is 0 Å². The monoisotopic (exact) mass is 453 g/mol. The highest BCUT2D eigenvalue weighted by Crippen LogP contribution is 2.39. The molecule has 0 aliphatic carbocycles. The number of nitrogens with two attached hydrogens (primary N) is 1. The smallest absolute Gasteiger partial charge is 0.133 e. The Morgan fingerprint density at radius 1 is 1.27 bits per heavy atom. The van der Waals surface area contributed by atoms with E-state index in [9.17, 15) is 13.2 Å². The lowest BCUT2D eigenvalue weighted by Gasteiger charge is -2.28. The van der Waals surface area contributed by atoms with E-state index < -0.39 is 11.6 Å². The lowest BCUT2D eigenvalue weighted by Crippen LogP contribution is -2.24. The number of hydrazone groups is 1. The highest BCUT2D eigenvalue weighted by atomic mass is 32.2. The highest BCUT2D eigenvalue weighted by Gasteiger charge is 2.30. The Hall–Kier alpha value is -1.82. The molecule has 2 aromatic carbocycles. The third-order valence-corrected chi connectivity index (χ3v) is 6.51. The molecular formula is C22H27F3N3PS. The van der Waals surface area contributed by atoms with Crippen LogP contribution < -0.4 is 11.0 Å². The van der Waals surface area contributed by atoms with E-state index in [0.29, 0.717) is 24.9 Å². The van der Waals surface area contributed by atoms with Crippen LogP contribution in [-0.4, -0.2) is 29.0 Å². The van der Waals surface area contributed by atoms with Crippen LogP contribution in [0, 0.1) is 24.4 Å². The van der Waals surface area contributed by atoms with E-state index in [4.69, 9.17) is 5.73 Å². The molecule has 2 atom stereocenters. The molecular weight excluding hydrogens is 426 g/mol. The van der Waals surface area contributed by atoms with Gasteiger partial charge in [-0.2, -0.15) is 5.10 Å². The van der Waals surface area contributed by atoms with Crippen LogP contribution in [-0.2, 0) is 0 Å². The molecule has 162 valence electrons. The van der Waals surface area contributed by atoms with Gasteiger partial charge in [0.15, 0.2) is 0 Å². The molecule has 2 unspecified atom stereocenters. The Kier molecular flexibility index (Phi) is 8.95. The van der Waals surface area contributed by atoms with E-state index in [1.807, 2.05) is 19.9 Å². The average molecular weight is 454 g/mol. The molecule has 3 nitrogen and oxygen atoms in total. The van der Waals surface area contributed by atoms with E-state index >= 15 is 0 Å². The van der Waals surface area contributed by atoms with Crippen molar-refractivity contribution in [1.82, 2.24) is 5.01 Å². The number of hydrogen-bond donors (Lipinski definition) is 1. The van der Waals surface area contributed by atoms with Crippen LogP contribution in [0.2, 0.25) is 0 Å². The van der Waals surface area contributed by atoms with Gasteiger partial charge < -0.3 is 5.73 Å². The van der Waals surface area contributed by atoms with Crippen LogP contribution in [0.4, 0.5) is 13.2 Å². The molecule has 3 rings (SSSR count). The third-order valence-electron chi connectivity index (χ3n) is 4.41. The van der Waals surface area contributed by atoms with Gasteiger partial charge in [-0.1, -0.05) is 28.1 Å².